The highest BCUT2D eigenvalue weighted by molar-refractivity contribution is 5.47. The molecule has 30 heavy (non-hydrogen) atoms. The van der Waals surface area contributed by atoms with Gasteiger partial charge in [-0.2, -0.15) is 0 Å². The first-order valence-corrected chi connectivity index (χ1v) is 10.7. The molecule has 3 aromatic carbocycles. The summed E-state index contributed by atoms with van der Waals surface area (Å²) in [5, 5.41) is 2.38. The second-order valence-corrected chi connectivity index (χ2v) is 7.96. The Kier molecular flexibility index (Phi) is 6.55. The van der Waals surface area contributed by atoms with Gasteiger partial charge in [0.25, 0.3) is 0 Å². The first-order valence-electron chi connectivity index (χ1n) is 10.7. The molecular formula is C26H30NO3+. The van der Waals surface area contributed by atoms with Gasteiger partial charge in [0.15, 0.2) is 11.5 Å². The molecule has 4 nitrogen and oxygen atoms in total. The van der Waals surface area contributed by atoms with Gasteiger partial charge in [-0.05, 0) is 61.4 Å². The van der Waals surface area contributed by atoms with Gasteiger partial charge in [-0.1, -0.05) is 36.4 Å². The number of quaternary nitrogens is 1. The Labute approximate surface area is 178 Å². The number of hydrogen-bond donors (Lipinski definition) is 1. The largest absolute Gasteiger partial charge is 0.491 e. The molecule has 0 saturated carbocycles. The molecule has 156 valence electrons. The zero-order valence-electron chi connectivity index (χ0n) is 17.7. The summed E-state index contributed by atoms with van der Waals surface area (Å²) in [4.78, 5) is 0. The Bertz CT molecular complexity index is 938. The van der Waals surface area contributed by atoms with Crippen LogP contribution >= 0.6 is 0 Å². The normalized spacial score (nSPS) is 13.4. The van der Waals surface area contributed by atoms with Gasteiger partial charge in [-0.25, -0.2) is 0 Å². The second-order valence-electron chi connectivity index (χ2n) is 7.96. The molecule has 1 atom stereocenters. The summed E-state index contributed by atoms with van der Waals surface area (Å²) in [5.74, 6) is 2.95. The fraction of sp³-hybridized carbons (Fsp3) is 0.308. The Hall–Kier alpha value is -2.98. The average molecular weight is 405 g/mol. The zero-order chi connectivity index (χ0) is 20.8. The second kappa shape index (κ2) is 9.68. The lowest BCUT2D eigenvalue weighted by Gasteiger charge is -2.18. The molecule has 0 saturated heterocycles. The number of ether oxygens (including phenoxy) is 3. The van der Waals surface area contributed by atoms with Gasteiger partial charge in [0, 0.05) is 17.9 Å². The summed E-state index contributed by atoms with van der Waals surface area (Å²) in [6, 6.07) is 25.5. The molecule has 0 aromatic heterocycles. The topological polar surface area (TPSA) is 44.3 Å². The molecule has 3 aromatic rings. The maximum absolute atomic E-state index is 5.73. The van der Waals surface area contributed by atoms with E-state index in [0.29, 0.717) is 12.7 Å². The van der Waals surface area contributed by atoms with Crippen LogP contribution in [0.3, 0.4) is 0 Å². The van der Waals surface area contributed by atoms with Crippen LogP contribution in [0.1, 0.15) is 42.9 Å². The quantitative estimate of drug-likeness (QED) is 0.535. The van der Waals surface area contributed by atoms with Crippen LogP contribution in [0.4, 0.5) is 0 Å². The van der Waals surface area contributed by atoms with Crippen molar-refractivity contribution in [2.75, 3.05) is 13.3 Å². The van der Waals surface area contributed by atoms with E-state index in [1.165, 1.54) is 16.7 Å². The van der Waals surface area contributed by atoms with Crippen LogP contribution in [-0.2, 0) is 6.54 Å². The van der Waals surface area contributed by atoms with Crippen molar-refractivity contribution in [3.05, 3.63) is 89.5 Å². The summed E-state index contributed by atoms with van der Waals surface area (Å²) in [5.41, 5.74) is 3.92. The molecule has 1 aliphatic heterocycles. The molecule has 0 radical (unpaired) electrons. The van der Waals surface area contributed by atoms with Crippen molar-refractivity contribution in [2.45, 2.75) is 38.8 Å². The minimum Gasteiger partial charge on any atom is -0.491 e. The van der Waals surface area contributed by atoms with Crippen molar-refractivity contribution in [3.63, 3.8) is 0 Å². The van der Waals surface area contributed by atoms with Gasteiger partial charge in [0.05, 0.1) is 12.6 Å². The maximum atomic E-state index is 5.73. The molecule has 1 aliphatic rings. The molecule has 0 spiro atoms. The van der Waals surface area contributed by atoms with Crippen molar-refractivity contribution in [3.8, 4) is 17.2 Å². The Balaban J connectivity index is 1.38. The van der Waals surface area contributed by atoms with Crippen molar-refractivity contribution in [2.24, 2.45) is 0 Å². The van der Waals surface area contributed by atoms with Crippen LogP contribution < -0.4 is 19.5 Å². The molecule has 0 amide bonds. The lowest BCUT2D eigenvalue weighted by atomic mass is 9.88. The molecule has 0 aliphatic carbocycles. The molecule has 2 N–H and O–H groups in total. The van der Waals surface area contributed by atoms with Crippen LogP contribution in [-0.4, -0.2) is 19.4 Å². The number of rotatable bonds is 9. The van der Waals surface area contributed by atoms with Gasteiger partial charge >= 0.3 is 0 Å². The van der Waals surface area contributed by atoms with Crippen LogP contribution in [0.5, 0.6) is 17.2 Å². The highest BCUT2D eigenvalue weighted by Crippen LogP contribution is 2.37. The molecule has 0 unspecified atom stereocenters. The predicted molar refractivity (Wildman–Crippen MR) is 118 cm³/mol. The summed E-state index contributed by atoms with van der Waals surface area (Å²) < 4.78 is 16.8. The number of fused-ring (bicyclic) bond motifs is 1. The van der Waals surface area contributed by atoms with Gasteiger partial charge in [0.1, 0.15) is 12.3 Å². The van der Waals surface area contributed by atoms with Crippen LogP contribution in [0, 0.1) is 0 Å². The standard InChI is InChI=1S/C26H29NO3/c1-19(2)30-23-11-8-20(9-12-23)17-27-15-14-24(21-6-4-3-5-7-21)22-10-13-25-26(16-22)29-18-28-25/h3-13,16,19,24,27H,14-15,17-18H2,1-2H3/p+1/t24-/m0/s1. The van der Waals surface area contributed by atoms with E-state index in [1.807, 2.05) is 19.9 Å². The molecule has 0 fully saturated rings. The zero-order valence-corrected chi connectivity index (χ0v) is 17.7. The minimum atomic E-state index is 0.202. The Morgan fingerprint density at radius 1 is 0.867 bits per heavy atom. The summed E-state index contributed by atoms with van der Waals surface area (Å²) in [6.07, 6.45) is 1.26. The van der Waals surface area contributed by atoms with E-state index in [0.717, 1.165) is 36.8 Å². The third-order valence-electron chi connectivity index (χ3n) is 5.34. The SMILES string of the molecule is CC(C)Oc1ccc(C[NH2+]CC[C@@H](c2ccccc2)c2ccc3c(c2)OCO3)cc1. The Morgan fingerprint density at radius 3 is 2.40 bits per heavy atom. The summed E-state index contributed by atoms with van der Waals surface area (Å²) in [6.45, 7) is 6.41. The summed E-state index contributed by atoms with van der Waals surface area (Å²) >= 11 is 0. The molecule has 4 rings (SSSR count). The van der Waals surface area contributed by atoms with Crippen LogP contribution in [0.2, 0.25) is 0 Å². The lowest BCUT2D eigenvalue weighted by Crippen LogP contribution is -2.82. The van der Waals surface area contributed by atoms with Gasteiger partial charge in [0.2, 0.25) is 6.79 Å². The molecule has 4 heteroatoms. The van der Waals surface area contributed by atoms with E-state index >= 15 is 0 Å². The number of benzene rings is 3. The lowest BCUT2D eigenvalue weighted by molar-refractivity contribution is -0.671. The third kappa shape index (κ3) is 5.14. The average Bonchev–Trinajstić information content (AvgIpc) is 3.23. The first kappa shape index (κ1) is 20.3. The van der Waals surface area contributed by atoms with Crippen molar-refractivity contribution < 1.29 is 19.5 Å². The predicted octanol–water partition coefficient (Wildman–Crippen LogP) is 4.49. The van der Waals surface area contributed by atoms with E-state index in [9.17, 15) is 0 Å². The third-order valence-corrected chi connectivity index (χ3v) is 5.34. The number of hydrogen-bond acceptors (Lipinski definition) is 3. The van der Waals surface area contributed by atoms with Crippen LogP contribution in [0.15, 0.2) is 72.8 Å². The monoisotopic (exact) mass is 404 g/mol. The Morgan fingerprint density at radius 2 is 1.63 bits per heavy atom. The van der Waals surface area contributed by atoms with E-state index in [4.69, 9.17) is 14.2 Å². The smallest absolute Gasteiger partial charge is 0.231 e. The van der Waals surface area contributed by atoms with Gasteiger partial charge < -0.3 is 19.5 Å². The fourth-order valence-corrected chi connectivity index (χ4v) is 3.87. The van der Waals surface area contributed by atoms with Gasteiger partial charge in [-0.15, -0.1) is 0 Å². The highest BCUT2D eigenvalue weighted by Gasteiger charge is 2.19. The van der Waals surface area contributed by atoms with E-state index in [1.54, 1.807) is 0 Å². The van der Waals surface area contributed by atoms with Crippen molar-refractivity contribution in [1.29, 1.82) is 0 Å². The molecule has 0 bridgehead atoms. The van der Waals surface area contributed by atoms with Crippen molar-refractivity contribution >= 4 is 0 Å². The molecule has 1 heterocycles. The number of nitrogens with two attached hydrogens (primary N) is 1. The van der Waals surface area contributed by atoms with Crippen LogP contribution in [0.25, 0.3) is 0 Å². The maximum Gasteiger partial charge on any atom is 0.231 e. The first-order chi connectivity index (χ1) is 14.7. The van der Waals surface area contributed by atoms with E-state index in [2.05, 4.69) is 72.0 Å². The highest BCUT2D eigenvalue weighted by atomic mass is 16.7. The minimum absolute atomic E-state index is 0.202. The van der Waals surface area contributed by atoms with Crippen molar-refractivity contribution in [1.82, 2.24) is 0 Å². The van der Waals surface area contributed by atoms with E-state index in [-0.39, 0.29) is 6.10 Å². The van der Waals surface area contributed by atoms with Gasteiger partial charge in [-0.3, -0.25) is 0 Å². The summed E-state index contributed by atoms with van der Waals surface area (Å²) in [7, 11) is 0. The fourth-order valence-electron chi connectivity index (χ4n) is 3.87. The van der Waals surface area contributed by atoms with E-state index < -0.39 is 0 Å². The molecular weight excluding hydrogens is 374 g/mol.